The van der Waals surface area contributed by atoms with Gasteiger partial charge in [-0.3, -0.25) is 9.20 Å². The number of hydrogen-bond acceptors (Lipinski definition) is 4. The summed E-state index contributed by atoms with van der Waals surface area (Å²) in [6, 6.07) is 18.6. The van der Waals surface area contributed by atoms with Gasteiger partial charge in [0.25, 0.3) is 0 Å². The minimum atomic E-state index is -0.0623. The number of fused-ring (bicyclic) bond motifs is 2. The van der Waals surface area contributed by atoms with Gasteiger partial charge in [-0.25, -0.2) is 4.98 Å². The summed E-state index contributed by atoms with van der Waals surface area (Å²) in [5.74, 6) is 0.955. The molecule has 34 heavy (non-hydrogen) atoms. The summed E-state index contributed by atoms with van der Waals surface area (Å²) in [5.41, 5.74) is 3.18. The molecule has 0 atom stereocenters. The van der Waals surface area contributed by atoms with Crippen LogP contribution in [-0.4, -0.2) is 26.7 Å². The van der Waals surface area contributed by atoms with Crippen LogP contribution in [0.15, 0.2) is 76.9 Å². The Morgan fingerprint density at radius 3 is 2.68 bits per heavy atom. The number of amides is 1. The average molecular weight is 472 g/mol. The third-order valence-corrected chi connectivity index (χ3v) is 6.82. The van der Waals surface area contributed by atoms with Crippen LogP contribution in [0.2, 0.25) is 0 Å². The van der Waals surface area contributed by atoms with Gasteiger partial charge in [0.15, 0.2) is 4.96 Å². The molecule has 174 valence electrons. The van der Waals surface area contributed by atoms with Crippen molar-refractivity contribution in [2.45, 2.75) is 40.2 Å². The minimum absolute atomic E-state index is 0.0623. The monoisotopic (exact) mass is 471 g/mol. The maximum atomic E-state index is 13.1. The van der Waals surface area contributed by atoms with Gasteiger partial charge in [0.1, 0.15) is 5.76 Å². The van der Waals surface area contributed by atoms with Crippen LogP contribution >= 0.6 is 11.3 Å². The summed E-state index contributed by atoms with van der Waals surface area (Å²) in [5, 5.41) is 4.58. The highest BCUT2D eigenvalue weighted by Crippen LogP contribution is 2.27. The molecule has 3 aromatic heterocycles. The highest BCUT2D eigenvalue weighted by molar-refractivity contribution is 7.15. The molecule has 6 heteroatoms. The molecule has 5 aromatic rings. The number of carbonyl (C=O) groups is 1. The van der Waals surface area contributed by atoms with Gasteiger partial charge >= 0.3 is 0 Å². The standard InChI is InChI=1S/C28H29N3O2S/c1-28(2,3)16-26(32)30(17-24-9-6-14-33-24)13-12-23-19-34-27-29-25(18-31(23)27)22-11-10-20-7-4-5-8-21(20)15-22/h4-11,14-15,18-19H,12-13,16-17H2,1-3H3. The number of furan rings is 1. The summed E-state index contributed by atoms with van der Waals surface area (Å²) in [7, 11) is 0. The zero-order chi connectivity index (χ0) is 23.7. The molecule has 2 aromatic carbocycles. The number of aromatic nitrogens is 2. The fourth-order valence-electron chi connectivity index (χ4n) is 4.19. The van der Waals surface area contributed by atoms with Crippen LogP contribution in [0, 0.1) is 5.41 Å². The van der Waals surface area contributed by atoms with Crippen LogP contribution in [0.5, 0.6) is 0 Å². The first-order chi connectivity index (χ1) is 16.4. The summed E-state index contributed by atoms with van der Waals surface area (Å²) in [6.45, 7) is 7.40. The second-order valence-electron chi connectivity index (χ2n) is 9.95. The predicted molar refractivity (Wildman–Crippen MR) is 138 cm³/mol. The molecule has 0 aliphatic rings. The molecule has 0 spiro atoms. The molecule has 3 heterocycles. The Kier molecular flexibility index (Phi) is 6.00. The first-order valence-electron chi connectivity index (χ1n) is 11.6. The SMILES string of the molecule is CC(C)(C)CC(=O)N(CCc1csc2nc(-c3ccc4ccccc4c3)cn12)Cc1ccco1. The van der Waals surface area contributed by atoms with E-state index < -0.39 is 0 Å². The van der Waals surface area contributed by atoms with E-state index in [4.69, 9.17) is 9.40 Å². The van der Waals surface area contributed by atoms with Crippen molar-refractivity contribution in [3.8, 4) is 11.3 Å². The molecule has 0 N–H and O–H groups in total. The lowest BCUT2D eigenvalue weighted by molar-refractivity contribution is -0.134. The van der Waals surface area contributed by atoms with E-state index in [1.54, 1.807) is 17.6 Å². The van der Waals surface area contributed by atoms with Crippen molar-refractivity contribution < 1.29 is 9.21 Å². The van der Waals surface area contributed by atoms with Crippen molar-refractivity contribution in [1.29, 1.82) is 0 Å². The Bertz CT molecular complexity index is 1420. The van der Waals surface area contributed by atoms with Gasteiger partial charge in [0.2, 0.25) is 5.91 Å². The lowest BCUT2D eigenvalue weighted by Crippen LogP contribution is -2.34. The lowest BCUT2D eigenvalue weighted by Gasteiger charge is -2.26. The largest absolute Gasteiger partial charge is 0.467 e. The predicted octanol–water partition coefficient (Wildman–Crippen LogP) is 6.82. The molecule has 0 saturated heterocycles. The Labute approximate surface area is 203 Å². The van der Waals surface area contributed by atoms with E-state index in [1.165, 1.54) is 10.8 Å². The Hall–Kier alpha value is -3.38. The molecule has 5 nitrogen and oxygen atoms in total. The van der Waals surface area contributed by atoms with Crippen LogP contribution in [0.3, 0.4) is 0 Å². The fourth-order valence-corrected chi connectivity index (χ4v) is 5.10. The molecule has 5 rings (SSSR count). The number of rotatable bonds is 7. The zero-order valence-electron chi connectivity index (χ0n) is 19.8. The van der Waals surface area contributed by atoms with Gasteiger partial charge in [-0.1, -0.05) is 57.2 Å². The fraction of sp³-hybridized carbons (Fsp3) is 0.286. The van der Waals surface area contributed by atoms with E-state index in [9.17, 15) is 4.79 Å². The average Bonchev–Trinajstić information content (AvgIpc) is 3.53. The molecule has 0 fully saturated rings. The molecule has 0 radical (unpaired) electrons. The van der Waals surface area contributed by atoms with Gasteiger partial charge in [-0.2, -0.15) is 0 Å². The van der Waals surface area contributed by atoms with Gasteiger partial charge in [-0.15, -0.1) is 11.3 Å². The maximum absolute atomic E-state index is 13.1. The van der Waals surface area contributed by atoms with E-state index in [-0.39, 0.29) is 11.3 Å². The Morgan fingerprint density at radius 1 is 1.09 bits per heavy atom. The van der Waals surface area contributed by atoms with Gasteiger partial charge in [0, 0.05) is 42.2 Å². The van der Waals surface area contributed by atoms with Crippen molar-refractivity contribution in [2.75, 3.05) is 6.54 Å². The number of benzene rings is 2. The maximum Gasteiger partial charge on any atom is 0.223 e. The van der Waals surface area contributed by atoms with Crippen molar-refractivity contribution in [2.24, 2.45) is 5.41 Å². The van der Waals surface area contributed by atoms with Crippen LogP contribution in [0.4, 0.5) is 0 Å². The minimum Gasteiger partial charge on any atom is -0.467 e. The van der Waals surface area contributed by atoms with Crippen LogP contribution in [0.25, 0.3) is 27.0 Å². The molecule has 0 bridgehead atoms. The third kappa shape index (κ3) is 4.92. The van der Waals surface area contributed by atoms with Crippen molar-refractivity contribution in [3.05, 3.63) is 83.9 Å². The van der Waals surface area contributed by atoms with Gasteiger partial charge in [-0.05, 0) is 34.4 Å². The number of thiazole rings is 1. The van der Waals surface area contributed by atoms with Gasteiger partial charge in [0.05, 0.1) is 18.5 Å². The van der Waals surface area contributed by atoms with Crippen LogP contribution < -0.4 is 0 Å². The van der Waals surface area contributed by atoms with E-state index in [0.717, 1.165) is 34.1 Å². The first-order valence-corrected chi connectivity index (χ1v) is 12.5. The second-order valence-corrected chi connectivity index (χ2v) is 10.8. The summed E-state index contributed by atoms with van der Waals surface area (Å²) in [6.07, 6.45) is 5.02. The highest BCUT2D eigenvalue weighted by Gasteiger charge is 2.22. The number of hydrogen-bond donors (Lipinski definition) is 0. The Balaban J connectivity index is 1.36. The highest BCUT2D eigenvalue weighted by atomic mass is 32.1. The van der Waals surface area contributed by atoms with Gasteiger partial charge < -0.3 is 9.32 Å². The van der Waals surface area contributed by atoms with E-state index in [2.05, 4.69) is 79.2 Å². The molecular weight excluding hydrogens is 442 g/mol. The van der Waals surface area contributed by atoms with Crippen molar-refractivity contribution in [1.82, 2.24) is 14.3 Å². The molecule has 0 aliphatic carbocycles. The van der Waals surface area contributed by atoms with E-state index >= 15 is 0 Å². The van der Waals surface area contributed by atoms with E-state index in [1.807, 2.05) is 17.0 Å². The second kappa shape index (κ2) is 9.11. The molecular formula is C28H29N3O2S. The summed E-state index contributed by atoms with van der Waals surface area (Å²) in [4.78, 5) is 20.8. The lowest BCUT2D eigenvalue weighted by atomic mass is 9.91. The quantitative estimate of drug-likeness (QED) is 0.262. The number of imidazole rings is 1. The molecule has 1 amide bonds. The Morgan fingerprint density at radius 2 is 1.91 bits per heavy atom. The number of carbonyl (C=O) groups excluding carboxylic acids is 1. The normalized spacial score (nSPS) is 12.0. The van der Waals surface area contributed by atoms with Crippen LogP contribution in [-0.2, 0) is 17.8 Å². The number of nitrogens with zero attached hydrogens (tertiary/aromatic N) is 3. The third-order valence-electron chi connectivity index (χ3n) is 5.93. The van der Waals surface area contributed by atoms with E-state index in [0.29, 0.717) is 19.5 Å². The van der Waals surface area contributed by atoms with Crippen LogP contribution in [0.1, 0.15) is 38.6 Å². The summed E-state index contributed by atoms with van der Waals surface area (Å²) >= 11 is 1.64. The molecule has 0 aliphatic heterocycles. The topological polar surface area (TPSA) is 50.8 Å². The van der Waals surface area contributed by atoms with Crippen molar-refractivity contribution >= 4 is 33.0 Å². The molecule has 0 unspecified atom stereocenters. The van der Waals surface area contributed by atoms with Crippen molar-refractivity contribution in [3.63, 3.8) is 0 Å². The summed E-state index contributed by atoms with van der Waals surface area (Å²) < 4.78 is 7.69. The zero-order valence-corrected chi connectivity index (χ0v) is 20.6. The first kappa shape index (κ1) is 22.4. The molecule has 0 saturated carbocycles. The smallest absolute Gasteiger partial charge is 0.223 e.